The van der Waals surface area contributed by atoms with Crippen LogP contribution in [0.1, 0.15) is 6.42 Å². The van der Waals surface area contributed by atoms with Crippen molar-refractivity contribution in [2.45, 2.75) is 24.8 Å². The summed E-state index contributed by atoms with van der Waals surface area (Å²) in [6.45, 7) is -1.27. The van der Waals surface area contributed by atoms with Crippen LogP contribution in [0.3, 0.4) is 0 Å². The molecule has 2 nitrogen and oxygen atoms in total. The number of alkyl halides is 6. The van der Waals surface area contributed by atoms with Crippen molar-refractivity contribution in [3.63, 3.8) is 0 Å². The van der Waals surface area contributed by atoms with E-state index in [0.29, 0.717) is 0 Å². The summed E-state index contributed by atoms with van der Waals surface area (Å²) in [5.74, 6) is -1.56. The first-order chi connectivity index (χ1) is 7.59. The van der Waals surface area contributed by atoms with Crippen molar-refractivity contribution in [2.75, 3.05) is 26.7 Å². The van der Waals surface area contributed by atoms with Crippen LogP contribution in [-0.2, 0) is 0 Å². The van der Waals surface area contributed by atoms with Gasteiger partial charge < -0.3 is 5.32 Å². The molecule has 0 aromatic carbocycles. The van der Waals surface area contributed by atoms with Gasteiger partial charge in [-0.05, 0) is 20.0 Å². The number of nitrogens with one attached hydrogen (secondary N) is 1. The monoisotopic (exact) mass is 264 g/mol. The fraction of sp³-hybridized carbons (Fsp3) is 1.00. The Morgan fingerprint density at radius 2 is 1.76 bits per heavy atom. The van der Waals surface area contributed by atoms with E-state index >= 15 is 0 Å². The smallest absolute Gasteiger partial charge is 0.312 e. The largest absolute Gasteiger partial charge is 0.401 e. The third kappa shape index (κ3) is 4.71. The van der Waals surface area contributed by atoms with Crippen LogP contribution in [0, 0.1) is 5.92 Å². The van der Waals surface area contributed by atoms with E-state index in [1.165, 1.54) is 7.05 Å². The zero-order valence-electron chi connectivity index (χ0n) is 9.20. The predicted molar refractivity (Wildman–Crippen MR) is 49.5 cm³/mol. The average molecular weight is 264 g/mol. The Kier molecular flexibility index (Phi) is 4.29. The van der Waals surface area contributed by atoms with Gasteiger partial charge in [0.1, 0.15) is 0 Å². The highest BCUT2D eigenvalue weighted by Gasteiger charge is 2.47. The number of halogens is 6. The Bertz CT molecular complexity index is 249. The Morgan fingerprint density at radius 3 is 2.24 bits per heavy atom. The minimum atomic E-state index is -4.39. The molecule has 0 amide bonds. The van der Waals surface area contributed by atoms with Crippen LogP contribution < -0.4 is 5.32 Å². The highest BCUT2D eigenvalue weighted by Crippen LogP contribution is 2.34. The van der Waals surface area contributed by atoms with Crippen LogP contribution in [0.2, 0.25) is 0 Å². The van der Waals surface area contributed by atoms with Crippen molar-refractivity contribution in [1.82, 2.24) is 10.2 Å². The maximum absolute atomic E-state index is 12.5. The third-order valence-electron chi connectivity index (χ3n) is 2.73. The molecular formula is C9H14F6N2. The highest BCUT2D eigenvalue weighted by molar-refractivity contribution is 4.89. The summed E-state index contributed by atoms with van der Waals surface area (Å²) in [5.41, 5.74) is 0. The Balaban J connectivity index is 2.50. The molecule has 0 spiro atoms. The molecule has 1 aliphatic rings. The SMILES string of the molecule is CN(CC1NCCC1C(F)(F)F)CC(F)(F)F. The van der Waals surface area contributed by atoms with E-state index in [4.69, 9.17) is 0 Å². The Hall–Kier alpha value is -0.500. The summed E-state index contributed by atoms with van der Waals surface area (Å²) in [7, 11) is 1.17. The third-order valence-corrected chi connectivity index (χ3v) is 2.73. The summed E-state index contributed by atoms with van der Waals surface area (Å²) < 4.78 is 73.6. The molecule has 0 radical (unpaired) electrons. The van der Waals surface area contributed by atoms with Gasteiger partial charge in [-0.2, -0.15) is 26.3 Å². The fourth-order valence-electron chi connectivity index (χ4n) is 2.06. The van der Waals surface area contributed by atoms with E-state index in [-0.39, 0.29) is 19.5 Å². The predicted octanol–water partition coefficient (Wildman–Crippen LogP) is 2.02. The van der Waals surface area contributed by atoms with Crippen molar-refractivity contribution >= 4 is 0 Å². The zero-order chi connectivity index (χ0) is 13.3. The van der Waals surface area contributed by atoms with Crippen LogP contribution in [0.15, 0.2) is 0 Å². The highest BCUT2D eigenvalue weighted by atomic mass is 19.4. The van der Waals surface area contributed by atoms with Crippen LogP contribution in [0.4, 0.5) is 26.3 Å². The van der Waals surface area contributed by atoms with E-state index in [1.54, 1.807) is 0 Å². The first kappa shape index (κ1) is 14.6. The molecule has 8 heteroatoms. The molecule has 1 fully saturated rings. The molecule has 0 saturated carbocycles. The number of likely N-dealkylation sites (N-methyl/N-ethyl adjacent to an activating group) is 1. The summed E-state index contributed by atoms with van der Waals surface area (Å²) >= 11 is 0. The van der Waals surface area contributed by atoms with Crippen molar-refractivity contribution in [2.24, 2.45) is 5.92 Å². The Morgan fingerprint density at radius 1 is 1.18 bits per heavy atom. The van der Waals surface area contributed by atoms with Crippen molar-refractivity contribution < 1.29 is 26.3 Å². The molecular weight excluding hydrogens is 250 g/mol. The number of hydrogen-bond acceptors (Lipinski definition) is 2. The minimum Gasteiger partial charge on any atom is -0.312 e. The van der Waals surface area contributed by atoms with Gasteiger partial charge in [0, 0.05) is 12.6 Å². The van der Waals surface area contributed by atoms with E-state index in [0.717, 1.165) is 4.90 Å². The van der Waals surface area contributed by atoms with E-state index in [1.807, 2.05) is 0 Å². The lowest BCUT2D eigenvalue weighted by Crippen LogP contribution is -2.45. The normalized spacial score (nSPS) is 26.8. The molecule has 0 aromatic heterocycles. The van der Waals surface area contributed by atoms with Crippen LogP contribution in [0.25, 0.3) is 0 Å². The lowest BCUT2D eigenvalue weighted by Gasteiger charge is -2.27. The number of rotatable bonds is 3. The molecule has 1 N–H and O–H groups in total. The molecule has 0 aromatic rings. The van der Waals surface area contributed by atoms with Gasteiger partial charge in [-0.1, -0.05) is 0 Å². The molecule has 102 valence electrons. The van der Waals surface area contributed by atoms with Crippen LogP contribution in [0.5, 0.6) is 0 Å². The standard InChI is InChI=1S/C9H14F6N2/c1-17(5-8(10,11)12)4-7-6(2-3-16-7)9(13,14)15/h6-7,16H,2-5H2,1H3. The first-order valence-corrected chi connectivity index (χ1v) is 5.15. The summed E-state index contributed by atoms with van der Waals surface area (Å²) in [5, 5.41) is 2.60. The molecule has 0 bridgehead atoms. The van der Waals surface area contributed by atoms with E-state index in [9.17, 15) is 26.3 Å². The van der Waals surface area contributed by atoms with Crippen LogP contribution >= 0.6 is 0 Å². The van der Waals surface area contributed by atoms with Crippen LogP contribution in [-0.4, -0.2) is 50.0 Å². The van der Waals surface area contributed by atoms with Gasteiger partial charge in [-0.25, -0.2) is 0 Å². The van der Waals surface area contributed by atoms with Gasteiger partial charge in [0.15, 0.2) is 0 Å². The maximum atomic E-state index is 12.5. The second-order valence-electron chi connectivity index (χ2n) is 4.31. The second kappa shape index (κ2) is 5.01. The van der Waals surface area contributed by atoms with Crippen molar-refractivity contribution in [1.29, 1.82) is 0 Å². The lowest BCUT2D eigenvalue weighted by molar-refractivity contribution is -0.179. The molecule has 1 rings (SSSR count). The van der Waals surface area contributed by atoms with Gasteiger partial charge in [0.2, 0.25) is 0 Å². The first-order valence-electron chi connectivity index (χ1n) is 5.15. The van der Waals surface area contributed by atoms with E-state index in [2.05, 4.69) is 5.32 Å². The van der Waals surface area contributed by atoms with Gasteiger partial charge in [-0.3, -0.25) is 4.90 Å². The molecule has 2 atom stereocenters. The topological polar surface area (TPSA) is 15.3 Å². The maximum Gasteiger partial charge on any atom is 0.401 e. The van der Waals surface area contributed by atoms with Gasteiger partial charge in [0.05, 0.1) is 12.5 Å². The molecule has 1 aliphatic heterocycles. The summed E-state index contributed by atoms with van der Waals surface area (Å²) in [4.78, 5) is 0.863. The Labute approximate surface area is 95.0 Å². The number of hydrogen-bond donors (Lipinski definition) is 1. The molecule has 1 saturated heterocycles. The van der Waals surface area contributed by atoms with Gasteiger partial charge in [0.25, 0.3) is 0 Å². The zero-order valence-corrected chi connectivity index (χ0v) is 9.20. The van der Waals surface area contributed by atoms with Crippen molar-refractivity contribution in [3.8, 4) is 0 Å². The summed E-state index contributed by atoms with van der Waals surface area (Å²) in [6, 6.07) is -0.956. The minimum absolute atomic E-state index is 0.0754. The fourth-order valence-corrected chi connectivity index (χ4v) is 2.06. The quantitative estimate of drug-likeness (QED) is 0.784. The van der Waals surface area contributed by atoms with E-state index < -0.39 is 30.9 Å². The van der Waals surface area contributed by atoms with Crippen molar-refractivity contribution in [3.05, 3.63) is 0 Å². The average Bonchev–Trinajstić information content (AvgIpc) is 2.46. The second-order valence-corrected chi connectivity index (χ2v) is 4.31. The van der Waals surface area contributed by atoms with Gasteiger partial charge in [-0.15, -0.1) is 0 Å². The summed E-state index contributed by atoms with van der Waals surface area (Å²) in [6.07, 6.45) is -8.82. The molecule has 0 aliphatic carbocycles. The van der Waals surface area contributed by atoms with Gasteiger partial charge >= 0.3 is 12.4 Å². The molecule has 2 unspecified atom stereocenters. The number of nitrogens with zero attached hydrogens (tertiary/aromatic N) is 1. The lowest BCUT2D eigenvalue weighted by atomic mass is 10.00. The molecule has 1 heterocycles. The molecule has 17 heavy (non-hydrogen) atoms.